The van der Waals surface area contributed by atoms with Crippen LogP contribution in [0, 0.1) is 0 Å². The van der Waals surface area contributed by atoms with Crippen LogP contribution in [0.1, 0.15) is 0 Å². The molecule has 5 nitrogen and oxygen atoms in total. The number of oxazole rings is 1. The largest absolute Gasteiger partial charge is 0.444 e. The van der Waals surface area contributed by atoms with Gasteiger partial charge in [0.25, 0.3) is 0 Å². The second kappa shape index (κ2) is 4.82. The van der Waals surface area contributed by atoms with Crippen molar-refractivity contribution in [3.05, 3.63) is 59.9 Å². The van der Waals surface area contributed by atoms with E-state index in [0.717, 1.165) is 27.1 Å². The summed E-state index contributed by atoms with van der Waals surface area (Å²) in [7, 11) is 0. The van der Waals surface area contributed by atoms with Crippen LogP contribution in [-0.2, 0) is 0 Å². The summed E-state index contributed by atoms with van der Waals surface area (Å²) in [5, 5.41) is 0. The molecule has 3 aromatic heterocycles. The van der Waals surface area contributed by atoms with Crippen LogP contribution >= 0.6 is 15.9 Å². The third kappa shape index (κ3) is 2.23. The number of rotatable bonds is 2. The standard InChI is InChI=1S/C15H9BrN4O/c16-12-5-18-15-19-13(8-20(15)7-12)10-1-3-11(4-2-10)14-6-17-9-21-14/h1-9H. The van der Waals surface area contributed by atoms with Crippen molar-refractivity contribution in [2.45, 2.75) is 0 Å². The second-order valence-electron chi connectivity index (χ2n) is 4.55. The molecule has 0 saturated carbocycles. The summed E-state index contributed by atoms with van der Waals surface area (Å²) in [6, 6.07) is 8.00. The quantitative estimate of drug-likeness (QED) is 0.556. The number of halogens is 1. The fraction of sp³-hybridized carbons (Fsp3) is 0. The first-order valence-corrected chi connectivity index (χ1v) is 7.08. The molecule has 0 aliphatic rings. The summed E-state index contributed by atoms with van der Waals surface area (Å²) in [6.45, 7) is 0. The molecule has 1 aromatic carbocycles. The van der Waals surface area contributed by atoms with Crippen LogP contribution in [0.25, 0.3) is 28.4 Å². The third-order valence-electron chi connectivity index (χ3n) is 3.18. The zero-order chi connectivity index (χ0) is 14.2. The van der Waals surface area contributed by atoms with Crippen molar-refractivity contribution in [1.29, 1.82) is 0 Å². The minimum atomic E-state index is 0.674. The molecule has 0 aliphatic carbocycles. The Hall–Kier alpha value is -2.47. The van der Waals surface area contributed by atoms with Gasteiger partial charge in [0.05, 0.1) is 16.4 Å². The van der Waals surface area contributed by atoms with E-state index in [0.29, 0.717) is 5.78 Å². The van der Waals surface area contributed by atoms with E-state index in [1.807, 2.05) is 41.1 Å². The van der Waals surface area contributed by atoms with Gasteiger partial charge >= 0.3 is 0 Å². The van der Waals surface area contributed by atoms with Crippen molar-refractivity contribution in [2.75, 3.05) is 0 Å². The SMILES string of the molecule is Brc1cnc2nc(-c3ccc(-c4cnco4)cc3)cn2c1. The van der Waals surface area contributed by atoms with E-state index in [9.17, 15) is 0 Å². The van der Waals surface area contributed by atoms with Gasteiger partial charge in [-0.2, -0.15) is 0 Å². The normalized spacial score (nSPS) is 11.1. The maximum atomic E-state index is 5.28. The van der Waals surface area contributed by atoms with E-state index >= 15 is 0 Å². The van der Waals surface area contributed by atoms with E-state index in [4.69, 9.17) is 4.42 Å². The fourth-order valence-electron chi connectivity index (χ4n) is 2.16. The van der Waals surface area contributed by atoms with Gasteiger partial charge in [-0.25, -0.2) is 15.0 Å². The van der Waals surface area contributed by atoms with Crippen molar-refractivity contribution < 1.29 is 4.42 Å². The average Bonchev–Trinajstić information content (AvgIpc) is 3.16. The van der Waals surface area contributed by atoms with E-state index in [1.54, 1.807) is 12.4 Å². The molecule has 0 atom stereocenters. The lowest BCUT2D eigenvalue weighted by Crippen LogP contribution is -1.85. The fourth-order valence-corrected chi connectivity index (χ4v) is 2.49. The van der Waals surface area contributed by atoms with Crippen LogP contribution in [0.15, 0.2) is 64.3 Å². The molecule has 0 saturated heterocycles. The van der Waals surface area contributed by atoms with E-state index in [1.165, 1.54) is 6.39 Å². The minimum Gasteiger partial charge on any atom is -0.444 e. The Kier molecular flexibility index (Phi) is 2.82. The van der Waals surface area contributed by atoms with Crippen LogP contribution in [0.2, 0.25) is 0 Å². The second-order valence-corrected chi connectivity index (χ2v) is 5.46. The highest BCUT2D eigenvalue weighted by Gasteiger charge is 2.07. The first-order valence-electron chi connectivity index (χ1n) is 6.29. The Morgan fingerprint density at radius 3 is 2.57 bits per heavy atom. The molecular formula is C15H9BrN4O. The van der Waals surface area contributed by atoms with Crippen molar-refractivity contribution in [3.63, 3.8) is 0 Å². The number of benzene rings is 1. The summed E-state index contributed by atoms with van der Waals surface area (Å²) >= 11 is 3.40. The zero-order valence-electron chi connectivity index (χ0n) is 10.8. The highest BCUT2D eigenvalue weighted by atomic mass is 79.9. The van der Waals surface area contributed by atoms with Crippen LogP contribution in [0.5, 0.6) is 0 Å². The molecule has 21 heavy (non-hydrogen) atoms. The zero-order valence-corrected chi connectivity index (χ0v) is 12.4. The molecule has 3 heterocycles. The Morgan fingerprint density at radius 2 is 1.81 bits per heavy atom. The maximum Gasteiger partial charge on any atom is 0.234 e. The van der Waals surface area contributed by atoms with Gasteiger partial charge in [-0.1, -0.05) is 24.3 Å². The van der Waals surface area contributed by atoms with Gasteiger partial charge < -0.3 is 4.42 Å². The van der Waals surface area contributed by atoms with Gasteiger partial charge in [0.2, 0.25) is 5.78 Å². The lowest BCUT2D eigenvalue weighted by molar-refractivity contribution is 0.572. The molecule has 0 spiro atoms. The van der Waals surface area contributed by atoms with Crippen LogP contribution < -0.4 is 0 Å². The predicted molar refractivity (Wildman–Crippen MR) is 81.6 cm³/mol. The van der Waals surface area contributed by atoms with Crippen molar-refractivity contribution in [3.8, 4) is 22.6 Å². The van der Waals surface area contributed by atoms with Gasteiger partial charge in [0.1, 0.15) is 0 Å². The van der Waals surface area contributed by atoms with Crippen LogP contribution in [0.4, 0.5) is 0 Å². The number of aromatic nitrogens is 4. The van der Waals surface area contributed by atoms with Gasteiger partial charge in [-0.15, -0.1) is 0 Å². The lowest BCUT2D eigenvalue weighted by atomic mass is 10.1. The molecule has 0 amide bonds. The van der Waals surface area contributed by atoms with Gasteiger partial charge in [-0.05, 0) is 15.9 Å². The molecule has 0 radical (unpaired) electrons. The smallest absolute Gasteiger partial charge is 0.234 e. The minimum absolute atomic E-state index is 0.674. The van der Waals surface area contributed by atoms with Crippen molar-refractivity contribution >= 4 is 21.7 Å². The Bertz CT molecular complexity index is 897. The molecule has 4 rings (SSSR count). The number of fused-ring (bicyclic) bond motifs is 1. The average molecular weight is 341 g/mol. The Balaban J connectivity index is 1.74. The number of hydrogen-bond donors (Lipinski definition) is 0. The predicted octanol–water partition coefficient (Wildman–Crippen LogP) is 3.81. The Labute approximate surface area is 128 Å². The lowest BCUT2D eigenvalue weighted by Gasteiger charge is -1.98. The summed E-state index contributed by atoms with van der Waals surface area (Å²) in [5.41, 5.74) is 2.89. The highest BCUT2D eigenvalue weighted by Crippen LogP contribution is 2.24. The third-order valence-corrected chi connectivity index (χ3v) is 3.59. The summed E-state index contributed by atoms with van der Waals surface area (Å²) in [5.74, 6) is 1.43. The maximum absolute atomic E-state index is 5.28. The molecule has 0 fully saturated rings. The monoisotopic (exact) mass is 340 g/mol. The molecule has 6 heteroatoms. The number of imidazole rings is 1. The van der Waals surface area contributed by atoms with Crippen LogP contribution in [-0.4, -0.2) is 19.4 Å². The van der Waals surface area contributed by atoms with Crippen molar-refractivity contribution in [1.82, 2.24) is 19.4 Å². The van der Waals surface area contributed by atoms with E-state index < -0.39 is 0 Å². The highest BCUT2D eigenvalue weighted by molar-refractivity contribution is 9.10. The van der Waals surface area contributed by atoms with Gasteiger partial charge in [0, 0.05) is 29.7 Å². The molecule has 0 N–H and O–H groups in total. The Morgan fingerprint density at radius 1 is 1.00 bits per heavy atom. The first-order chi connectivity index (χ1) is 10.3. The summed E-state index contributed by atoms with van der Waals surface area (Å²) < 4.78 is 8.09. The summed E-state index contributed by atoms with van der Waals surface area (Å²) in [4.78, 5) is 12.7. The van der Waals surface area contributed by atoms with E-state index in [2.05, 4.69) is 30.9 Å². The summed E-state index contributed by atoms with van der Waals surface area (Å²) in [6.07, 6.45) is 8.74. The molecule has 0 bridgehead atoms. The van der Waals surface area contributed by atoms with E-state index in [-0.39, 0.29) is 0 Å². The number of nitrogens with zero attached hydrogens (tertiary/aromatic N) is 4. The molecule has 0 unspecified atom stereocenters. The topological polar surface area (TPSA) is 56.2 Å². The molecule has 0 aliphatic heterocycles. The number of hydrogen-bond acceptors (Lipinski definition) is 4. The van der Waals surface area contributed by atoms with Gasteiger partial charge in [-0.3, -0.25) is 4.40 Å². The molecule has 102 valence electrons. The van der Waals surface area contributed by atoms with Crippen molar-refractivity contribution in [2.24, 2.45) is 0 Å². The molecular weight excluding hydrogens is 332 g/mol. The molecule has 4 aromatic rings. The van der Waals surface area contributed by atoms with Crippen LogP contribution in [0.3, 0.4) is 0 Å². The first kappa shape index (κ1) is 12.3. The van der Waals surface area contributed by atoms with Gasteiger partial charge in [0.15, 0.2) is 12.2 Å².